The summed E-state index contributed by atoms with van der Waals surface area (Å²) in [6.45, 7) is 29.1. The van der Waals surface area contributed by atoms with E-state index in [-0.39, 0.29) is 43.4 Å². The Hall–Kier alpha value is -3.49. The van der Waals surface area contributed by atoms with E-state index >= 15 is 4.39 Å². The molecule has 0 radical (unpaired) electrons. The van der Waals surface area contributed by atoms with Crippen molar-refractivity contribution in [2.45, 2.75) is 154 Å². The molecule has 6 rings (SSSR count). The topological polar surface area (TPSA) is 121 Å². The first-order valence-electron chi connectivity index (χ1n) is 22.1. The van der Waals surface area contributed by atoms with Crippen LogP contribution in [0.4, 0.5) is 15.0 Å². The van der Waals surface area contributed by atoms with E-state index in [0.717, 1.165) is 47.9 Å². The molecule has 2 aliphatic rings. The number of hydrogen-bond acceptors (Lipinski definition) is 10. The monoisotopic (exact) mass is 894 g/mol. The zero-order chi connectivity index (χ0) is 44.3. The lowest BCUT2D eigenvalue weighted by molar-refractivity contribution is 0.00557. The number of halogens is 1. The van der Waals surface area contributed by atoms with Crippen molar-refractivity contribution in [1.29, 1.82) is 0 Å². The van der Waals surface area contributed by atoms with Crippen LogP contribution < -0.4 is 4.90 Å². The Kier molecular flexibility index (Phi) is 14.7. The first-order chi connectivity index (χ1) is 28.6. The minimum atomic E-state index is -1.38. The molecule has 336 valence electrons. The fourth-order valence-electron chi connectivity index (χ4n) is 7.87. The molecule has 61 heavy (non-hydrogen) atoms. The summed E-state index contributed by atoms with van der Waals surface area (Å²) in [6.07, 6.45) is 9.78. The first kappa shape index (κ1) is 47.0. The molecule has 2 aliphatic heterocycles. The molecule has 0 aromatic carbocycles. The number of piperidine rings is 1. The number of fused-ring (bicyclic) bond motifs is 3. The summed E-state index contributed by atoms with van der Waals surface area (Å²) in [7, 11) is -3.97. The van der Waals surface area contributed by atoms with Crippen molar-refractivity contribution in [2.24, 2.45) is 0 Å². The van der Waals surface area contributed by atoms with Gasteiger partial charge in [-0.25, -0.2) is 19.2 Å². The number of carbonyl (C=O) groups is 1. The van der Waals surface area contributed by atoms with E-state index in [2.05, 4.69) is 63.9 Å². The molecular weight excluding hydrogens is 824 g/mol. The average molecular weight is 895 g/mol. The zero-order valence-electron chi connectivity index (χ0n) is 38.9. The van der Waals surface area contributed by atoms with Crippen LogP contribution in [0.2, 0.25) is 77.1 Å². The lowest BCUT2D eigenvalue weighted by Gasteiger charge is -2.39. The number of ether oxygens (including phenoxy) is 4. The third-order valence-corrected chi connectivity index (χ3v) is 16.5. The first-order valence-corrected chi connectivity index (χ1v) is 33.2. The van der Waals surface area contributed by atoms with E-state index in [1.807, 2.05) is 53.5 Å². The van der Waals surface area contributed by atoms with Crippen LogP contribution in [-0.2, 0) is 25.7 Å². The maximum atomic E-state index is 17.6. The van der Waals surface area contributed by atoms with Crippen molar-refractivity contribution in [3.8, 4) is 22.6 Å². The van der Waals surface area contributed by atoms with Gasteiger partial charge >= 0.3 is 6.09 Å². The summed E-state index contributed by atoms with van der Waals surface area (Å²) in [5, 5.41) is 4.80. The van der Waals surface area contributed by atoms with Crippen LogP contribution >= 0.6 is 0 Å². The van der Waals surface area contributed by atoms with E-state index in [9.17, 15) is 4.79 Å². The number of imidazole rings is 1. The Bertz CT molecular complexity index is 2050. The van der Waals surface area contributed by atoms with Gasteiger partial charge < -0.3 is 33.3 Å². The SMILES string of the molecule is CC(C)(C)OC(=O)N1[C@@H]2CC[C@H]1C[C@H](c1nc3c(-c4ccc(-c5nccn5COCC[Si](C)(C)C)nc4)cnn3c(N(COCC[Si](C)(C)C)COCC[Si](C)(C)C)c1F)C2. The highest BCUT2D eigenvalue weighted by atomic mass is 28.3. The van der Waals surface area contributed by atoms with Crippen LogP contribution in [0.15, 0.2) is 36.9 Å². The smallest absolute Gasteiger partial charge is 0.410 e. The van der Waals surface area contributed by atoms with Gasteiger partial charge in [0.25, 0.3) is 0 Å². The van der Waals surface area contributed by atoms with Crippen molar-refractivity contribution in [2.75, 3.05) is 38.2 Å². The van der Waals surface area contributed by atoms with Gasteiger partial charge in [-0.05, 0) is 70.7 Å². The number of pyridine rings is 1. The molecule has 1 amide bonds. The highest BCUT2D eigenvalue weighted by molar-refractivity contribution is 6.76. The second-order valence-electron chi connectivity index (χ2n) is 21.6. The Balaban J connectivity index is 1.36. The number of rotatable bonds is 19. The van der Waals surface area contributed by atoms with Crippen molar-refractivity contribution < 1.29 is 28.1 Å². The van der Waals surface area contributed by atoms with Gasteiger partial charge in [-0.15, -0.1) is 0 Å². The van der Waals surface area contributed by atoms with Crippen molar-refractivity contribution in [3.05, 3.63) is 48.4 Å². The maximum absolute atomic E-state index is 17.6. The van der Waals surface area contributed by atoms with E-state index in [1.54, 1.807) is 23.1 Å². The normalized spacial score (nSPS) is 18.6. The van der Waals surface area contributed by atoms with E-state index in [0.29, 0.717) is 56.4 Å². The predicted octanol–water partition coefficient (Wildman–Crippen LogP) is 10.2. The zero-order valence-corrected chi connectivity index (χ0v) is 41.9. The van der Waals surface area contributed by atoms with E-state index in [1.165, 1.54) is 0 Å². The van der Waals surface area contributed by atoms with E-state index < -0.39 is 35.6 Å². The molecule has 0 aliphatic carbocycles. The molecule has 13 nitrogen and oxygen atoms in total. The minimum Gasteiger partial charge on any atom is -0.444 e. The molecule has 0 unspecified atom stereocenters. The van der Waals surface area contributed by atoms with Crippen LogP contribution in [0.1, 0.15) is 58.1 Å². The summed E-state index contributed by atoms with van der Waals surface area (Å²) in [6, 6.07) is 6.86. The Morgan fingerprint density at radius 2 is 1.43 bits per heavy atom. The highest BCUT2D eigenvalue weighted by Crippen LogP contribution is 2.45. The largest absolute Gasteiger partial charge is 0.444 e. The number of carbonyl (C=O) groups excluding carboxylic acids is 1. The summed E-state index contributed by atoms with van der Waals surface area (Å²) in [5.41, 5.74) is 2.53. The average Bonchev–Trinajstić information content (AvgIpc) is 3.86. The van der Waals surface area contributed by atoms with E-state index in [4.69, 9.17) is 34.0 Å². The number of hydrogen-bond donors (Lipinski definition) is 0. The molecule has 2 fully saturated rings. The Morgan fingerprint density at radius 1 is 0.836 bits per heavy atom. The Labute approximate surface area is 365 Å². The van der Waals surface area contributed by atoms with Crippen LogP contribution in [0, 0.1) is 5.82 Å². The summed E-state index contributed by atoms with van der Waals surface area (Å²) in [5.74, 6) is 0.315. The third-order valence-electron chi connectivity index (χ3n) is 11.3. The molecule has 0 N–H and O–H groups in total. The highest BCUT2D eigenvalue weighted by Gasteiger charge is 2.46. The molecule has 0 saturated carbocycles. The van der Waals surface area contributed by atoms with Crippen LogP contribution in [0.5, 0.6) is 0 Å². The van der Waals surface area contributed by atoms with Crippen LogP contribution in [0.3, 0.4) is 0 Å². The van der Waals surface area contributed by atoms with Gasteiger partial charge in [0.15, 0.2) is 23.1 Å². The molecular formula is C44H71FN8O5Si3. The number of nitrogens with zero attached hydrogens (tertiary/aromatic N) is 8. The van der Waals surface area contributed by atoms with Crippen LogP contribution in [0.25, 0.3) is 28.3 Å². The van der Waals surface area contributed by atoms with Gasteiger partial charge in [0, 0.05) is 91.8 Å². The van der Waals surface area contributed by atoms with Gasteiger partial charge in [0.1, 0.15) is 31.5 Å². The minimum absolute atomic E-state index is 0.0650. The molecule has 3 atom stereocenters. The molecule has 2 bridgehead atoms. The second-order valence-corrected chi connectivity index (χ2v) is 38.5. The summed E-state index contributed by atoms with van der Waals surface area (Å²) in [4.78, 5) is 31.7. The second kappa shape index (κ2) is 19.1. The fraction of sp³-hybridized carbons (Fsp3) is 0.659. The van der Waals surface area contributed by atoms with Crippen molar-refractivity contribution in [1.82, 2.24) is 34.0 Å². The molecule has 17 heteroatoms. The summed E-state index contributed by atoms with van der Waals surface area (Å²) < 4.78 is 45.7. The molecule has 2 saturated heterocycles. The molecule has 4 aromatic rings. The lowest BCUT2D eigenvalue weighted by Crippen LogP contribution is -2.48. The van der Waals surface area contributed by atoms with Gasteiger partial charge in [-0.1, -0.05) is 65.0 Å². The lowest BCUT2D eigenvalue weighted by atomic mass is 9.87. The number of amides is 1. The molecule has 0 spiro atoms. The van der Waals surface area contributed by atoms with Gasteiger partial charge in [-0.2, -0.15) is 9.61 Å². The van der Waals surface area contributed by atoms with Gasteiger partial charge in [0.2, 0.25) is 0 Å². The third kappa shape index (κ3) is 12.6. The standard InChI is InChI=1S/C44H71FN8O5Si3/c1-44(2,3)58-43(54)52-34-14-15-35(52)26-33(25-34)39-38(45)42(51(30-56-20-23-60(7,8)9)31-57-21-24-61(10,11)12)53-40(49-39)36(28-48-53)32-13-16-37(47-27-32)41-46-17-18-50(41)29-55-19-22-59(4,5)6/h13,16-18,27-28,33-35H,14-15,19-26,29-31H2,1-12H3/t33-,34-,35+. The number of aromatic nitrogens is 6. The van der Waals surface area contributed by atoms with Gasteiger partial charge in [0.05, 0.1) is 11.9 Å². The van der Waals surface area contributed by atoms with Crippen LogP contribution in [-0.4, -0.2) is 115 Å². The fourth-order valence-corrected chi connectivity index (χ4v) is 10.1. The summed E-state index contributed by atoms with van der Waals surface area (Å²) >= 11 is 0. The Morgan fingerprint density at radius 3 is 1.97 bits per heavy atom. The molecule has 4 aromatic heterocycles. The predicted molar refractivity (Wildman–Crippen MR) is 249 cm³/mol. The van der Waals surface area contributed by atoms with Crippen molar-refractivity contribution in [3.63, 3.8) is 0 Å². The molecule has 6 heterocycles. The maximum Gasteiger partial charge on any atom is 0.410 e. The van der Waals surface area contributed by atoms with Gasteiger partial charge in [-0.3, -0.25) is 4.98 Å². The quantitative estimate of drug-likeness (QED) is 0.0511. The number of anilines is 1. The van der Waals surface area contributed by atoms with Crippen molar-refractivity contribution >= 4 is 41.8 Å².